The number of pyridine rings is 1. The maximum Gasteiger partial charge on any atom is 0.193 e. The Bertz CT molecular complexity index is 956. The minimum absolute atomic E-state index is 0.125. The molecule has 3 nitrogen and oxygen atoms in total. The number of aliphatic hydroxyl groups excluding tert-OH is 1. The van der Waals surface area contributed by atoms with E-state index in [1.54, 1.807) is 0 Å². The molecule has 0 amide bonds. The summed E-state index contributed by atoms with van der Waals surface area (Å²) in [4.78, 5) is 16.1. The number of nitrogens with one attached hydrogen (secondary N) is 1. The van der Waals surface area contributed by atoms with Gasteiger partial charge in [-0.3, -0.25) is 4.79 Å². The van der Waals surface area contributed by atoms with Crippen molar-refractivity contribution in [1.82, 2.24) is 4.98 Å². The van der Waals surface area contributed by atoms with Crippen molar-refractivity contribution in [3.8, 4) is 0 Å². The zero-order chi connectivity index (χ0) is 20.7. The molecular formula is C25H33NO2. The molecule has 28 heavy (non-hydrogen) atoms. The molecule has 0 aliphatic carbocycles. The Balaban J connectivity index is 1.98. The number of H-pyrrole nitrogens is 1. The van der Waals surface area contributed by atoms with Crippen LogP contribution in [0.25, 0.3) is 10.9 Å². The summed E-state index contributed by atoms with van der Waals surface area (Å²) in [6, 6.07) is 7.67. The fourth-order valence-electron chi connectivity index (χ4n) is 3.43. The van der Waals surface area contributed by atoms with Gasteiger partial charge < -0.3 is 10.1 Å². The van der Waals surface area contributed by atoms with Crippen molar-refractivity contribution in [2.24, 2.45) is 0 Å². The molecule has 2 aromatic rings. The van der Waals surface area contributed by atoms with E-state index in [2.05, 4.69) is 31.0 Å². The summed E-state index contributed by atoms with van der Waals surface area (Å²) in [5.41, 5.74) is 6.43. The van der Waals surface area contributed by atoms with Gasteiger partial charge in [0.2, 0.25) is 0 Å². The number of para-hydroxylation sites is 1. The SMILES string of the molecule is CC(C)=C[C@H](O)CC(C)=CCCC(C)=CCc1c(C)[nH]c2ccccc2c1=O. The van der Waals surface area contributed by atoms with E-state index >= 15 is 0 Å². The van der Waals surface area contributed by atoms with Gasteiger partial charge in [0.1, 0.15) is 0 Å². The second-order valence-corrected chi connectivity index (χ2v) is 7.96. The van der Waals surface area contributed by atoms with Crippen molar-refractivity contribution in [2.45, 2.75) is 66.4 Å². The number of hydrogen-bond donors (Lipinski definition) is 2. The number of aromatic nitrogens is 1. The second-order valence-electron chi connectivity index (χ2n) is 7.96. The van der Waals surface area contributed by atoms with Crippen molar-refractivity contribution >= 4 is 10.9 Å². The summed E-state index contributed by atoms with van der Waals surface area (Å²) in [5.74, 6) is 0. The molecule has 0 spiro atoms. The Morgan fingerprint density at radius 2 is 1.82 bits per heavy atom. The topological polar surface area (TPSA) is 53.1 Å². The molecule has 1 aromatic carbocycles. The van der Waals surface area contributed by atoms with Gasteiger partial charge in [0, 0.05) is 22.2 Å². The van der Waals surface area contributed by atoms with E-state index in [0.29, 0.717) is 12.8 Å². The van der Waals surface area contributed by atoms with Crippen LogP contribution < -0.4 is 5.43 Å². The van der Waals surface area contributed by atoms with Gasteiger partial charge in [0.25, 0.3) is 0 Å². The molecule has 1 aromatic heterocycles. The Labute approximate surface area is 168 Å². The number of benzene rings is 1. The molecule has 2 N–H and O–H groups in total. The van der Waals surface area contributed by atoms with Gasteiger partial charge in [-0.15, -0.1) is 0 Å². The van der Waals surface area contributed by atoms with Crippen molar-refractivity contribution in [1.29, 1.82) is 0 Å². The first-order chi connectivity index (χ1) is 13.3. The van der Waals surface area contributed by atoms with Gasteiger partial charge in [0.05, 0.1) is 6.10 Å². The summed E-state index contributed by atoms with van der Waals surface area (Å²) >= 11 is 0. The molecule has 0 saturated carbocycles. The third-order valence-electron chi connectivity index (χ3n) is 4.96. The zero-order valence-electron chi connectivity index (χ0n) is 17.8. The standard InChI is InChI=1S/C25H33NO2/c1-17(2)15-21(27)16-19(4)10-8-9-18(3)13-14-22-20(5)26-24-12-7-6-11-23(24)25(22)28/h6-7,10-13,15,21,27H,8-9,14,16H2,1-5H3,(H,26,28)/t21-/m0/s1. The molecule has 3 heteroatoms. The highest BCUT2D eigenvalue weighted by atomic mass is 16.3. The number of allylic oxidation sites excluding steroid dienone is 4. The van der Waals surface area contributed by atoms with Gasteiger partial charge in [-0.1, -0.05) is 47.1 Å². The minimum Gasteiger partial charge on any atom is -0.389 e. The molecule has 0 bridgehead atoms. The van der Waals surface area contributed by atoms with Crippen LogP contribution in [0, 0.1) is 6.92 Å². The van der Waals surface area contributed by atoms with Crippen LogP contribution in [0.15, 0.2) is 64.0 Å². The third-order valence-corrected chi connectivity index (χ3v) is 4.96. The first kappa shape index (κ1) is 21.9. The summed E-state index contributed by atoms with van der Waals surface area (Å²) in [7, 11) is 0. The lowest BCUT2D eigenvalue weighted by Gasteiger charge is -2.08. The van der Waals surface area contributed by atoms with Crippen molar-refractivity contribution in [3.05, 3.63) is 80.7 Å². The molecule has 2 rings (SSSR count). The Hall–Kier alpha value is -2.39. The second kappa shape index (κ2) is 10.2. The predicted octanol–water partition coefficient (Wildman–Crippen LogP) is 5.77. The fourth-order valence-corrected chi connectivity index (χ4v) is 3.43. The van der Waals surface area contributed by atoms with E-state index in [-0.39, 0.29) is 5.43 Å². The van der Waals surface area contributed by atoms with Crippen LogP contribution in [0.1, 0.15) is 58.2 Å². The van der Waals surface area contributed by atoms with Gasteiger partial charge in [0.15, 0.2) is 5.43 Å². The fraction of sp³-hybridized carbons (Fsp3) is 0.400. The Morgan fingerprint density at radius 3 is 2.54 bits per heavy atom. The van der Waals surface area contributed by atoms with Crippen LogP contribution in [-0.2, 0) is 6.42 Å². The van der Waals surface area contributed by atoms with Gasteiger partial charge in [-0.2, -0.15) is 0 Å². The van der Waals surface area contributed by atoms with Crippen LogP contribution in [0.5, 0.6) is 0 Å². The average molecular weight is 380 g/mol. The highest BCUT2D eigenvalue weighted by Crippen LogP contribution is 2.15. The number of aromatic amines is 1. The van der Waals surface area contributed by atoms with Crippen molar-refractivity contribution < 1.29 is 5.11 Å². The van der Waals surface area contributed by atoms with Gasteiger partial charge >= 0.3 is 0 Å². The Kier molecular flexibility index (Phi) is 8.01. The molecule has 0 aliphatic heterocycles. The smallest absolute Gasteiger partial charge is 0.193 e. The Morgan fingerprint density at radius 1 is 1.11 bits per heavy atom. The molecule has 0 fully saturated rings. The van der Waals surface area contributed by atoms with Crippen LogP contribution in [0.3, 0.4) is 0 Å². The lowest BCUT2D eigenvalue weighted by atomic mass is 10.0. The van der Waals surface area contributed by atoms with Crippen molar-refractivity contribution in [3.63, 3.8) is 0 Å². The van der Waals surface area contributed by atoms with Crippen LogP contribution in [0.2, 0.25) is 0 Å². The molecule has 0 saturated heterocycles. The van der Waals surface area contributed by atoms with Crippen LogP contribution in [-0.4, -0.2) is 16.2 Å². The van der Waals surface area contributed by atoms with Crippen molar-refractivity contribution in [2.75, 3.05) is 0 Å². The largest absolute Gasteiger partial charge is 0.389 e. The highest BCUT2D eigenvalue weighted by Gasteiger charge is 2.08. The number of rotatable bonds is 8. The normalized spacial score (nSPS) is 13.6. The monoisotopic (exact) mass is 379 g/mol. The molecule has 0 unspecified atom stereocenters. The number of aryl methyl sites for hydroxylation is 1. The molecular weight excluding hydrogens is 346 g/mol. The highest BCUT2D eigenvalue weighted by molar-refractivity contribution is 5.79. The molecule has 150 valence electrons. The molecule has 1 heterocycles. The molecule has 0 radical (unpaired) electrons. The molecule has 1 atom stereocenters. The summed E-state index contributed by atoms with van der Waals surface area (Å²) in [6.07, 6.45) is 9.09. The summed E-state index contributed by atoms with van der Waals surface area (Å²) in [6.45, 7) is 10.2. The quantitative estimate of drug-likeness (QED) is 0.572. The lowest BCUT2D eigenvalue weighted by molar-refractivity contribution is 0.222. The van der Waals surface area contributed by atoms with Crippen LogP contribution >= 0.6 is 0 Å². The number of fused-ring (bicyclic) bond motifs is 1. The summed E-state index contributed by atoms with van der Waals surface area (Å²) in [5, 5.41) is 10.7. The average Bonchev–Trinajstić information content (AvgIpc) is 2.60. The first-order valence-corrected chi connectivity index (χ1v) is 10.0. The number of aliphatic hydroxyl groups is 1. The first-order valence-electron chi connectivity index (χ1n) is 10.0. The van der Waals surface area contributed by atoms with Gasteiger partial charge in [-0.05, 0) is 72.4 Å². The minimum atomic E-state index is -0.402. The van der Waals surface area contributed by atoms with E-state index in [0.717, 1.165) is 40.6 Å². The maximum absolute atomic E-state index is 12.8. The predicted molar refractivity (Wildman–Crippen MR) is 120 cm³/mol. The van der Waals surface area contributed by atoms with Crippen LogP contribution in [0.4, 0.5) is 0 Å². The zero-order valence-corrected chi connectivity index (χ0v) is 17.8. The van der Waals surface area contributed by atoms with E-state index in [9.17, 15) is 9.90 Å². The van der Waals surface area contributed by atoms with E-state index in [1.807, 2.05) is 51.1 Å². The molecule has 0 aliphatic rings. The van der Waals surface area contributed by atoms with Gasteiger partial charge in [-0.25, -0.2) is 0 Å². The maximum atomic E-state index is 12.8. The van der Waals surface area contributed by atoms with E-state index < -0.39 is 6.10 Å². The summed E-state index contributed by atoms with van der Waals surface area (Å²) < 4.78 is 0. The lowest BCUT2D eigenvalue weighted by Crippen LogP contribution is -2.12. The number of hydrogen-bond acceptors (Lipinski definition) is 2. The third kappa shape index (κ3) is 6.35. The van der Waals surface area contributed by atoms with E-state index in [1.165, 1.54) is 11.1 Å². The van der Waals surface area contributed by atoms with E-state index in [4.69, 9.17) is 0 Å².